The number of carbonyl (C=O) groups is 1. The van der Waals surface area contributed by atoms with Crippen LogP contribution in [-0.4, -0.2) is 27.2 Å². The van der Waals surface area contributed by atoms with Crippen molar-refractivity contribution in [2.45, 2.75) is 52.0 Å². The Bertz CT molecular complexity index is 1580. The van der Waals surface area contributed by atoms with Crippen LogP contribution in [0, 0.1) is 6.57 Å². The molecule has 0 saturated heterocycles. The zero-order valence-electron chi connectivity index (χ0n) is 22.4. The molecule has 1 aromatic heterocycles. The number of aryl methyl sites for hydroxylation is 1. The lowest BCUT2D eigenvalue weighted by atomic mass is 9.87. The van der Waals surface area contributed by atoms with Gasteiger partial charge in [-0.25, -0.2) is 14.6 Å². The van der Waals surface area contributed by atoms with Gasteiger partial charge in [0.2, 0.25) is 0 Å². The highest BCUT2D eigenvalue weighted by Crippen LogP contribution is 2.45. The maximum absolute atomic E-state index is 11.9. The number of unbranched alkanes of at least 4 members (excludes halogenated alkanes) is 1. The molecule has 4 aromatic rings. The zero-order chi connectivity index (χ0) is 27.7. The zero-order valence-corrected chi connectivity index (χ0v) is 23.2. The average Bonchev–Trinajstić information content (AvgIpc) is 3.39. The number of fused-ring (bicyclic) bond motifs is 1. The quantitative estimate of drug-likeness (QED) is 0.229. The predicted octanol–water partition coefficient (Wildman–Crippen LogP) is 8.27. The van der Waals surface area contributed by atoms with Crippen molar-refractivity contribution in [3.05, 3.63) is 106 Å². The van der Waals surface area contributed by atoms with Crippen molar-refractivity contribution in [2.24, 2.45) is 0 Å². The van der Waals surface area contributed by atoms with Gasteiger partial charge < -0.3 is 14.6 Å². The number of aromatic carboxylic acids is 1. The van der Waals surface area contributed by atoms with E-state index in [2.05, 4.69) is 65.8 Å². The van der Waals surface area contributed by atoms with Crippen molar-refractivity contribution in [1.82, 2.24) is 9.55 Å². The minimum atomic E-state index is -1.09. The molecule has 1 N–H and O–H groups in total. The summed E-state index contributed by atoms with van der Waals surface area (Å²) in [7, 11) is 0. The van der Waals surface area contributed by atoms with E-state index < -0.39 is 5.97 Å². The van der Waals surface area contributed by atoms with Gasteiger partial charge in [-0.05, 0) is 46.9 Å². The van der Waals surface area contributed by atoms with Crippen LogP contribution < -0.4 is 4.90 Å². The first-order valence-corrected chi connectivity index (χ1v) is 13.6. The monoisotopic (exact) mass is 538 g/mol. The molecule has 0 bridgehead atoms. The van der Waals surface area contributed by atoms with Gasteiger partial charge in [0.25, 0.3) is 0 Å². The number of carboxylic acids is 1. The first kappa shape index (κ1) is 26.5. The number of hydrogen-bond acceptors (Lipinski definition) is 3. The van der Waals surface area contributed by atoms with E-state index in [4.69, 9.17) is 18.2 Å². The second kappa shape index (κ2) is 10.6. The molecular weight excluding hydrogens is 508 g/mol. The molecule has 0 unspecified atom stereocenters. The predicted molar refractivity (Wildman–Crippen MR) is 157 cm³/mol. The summed E-state index contributed by atoms with van der Waals surface area (Å²) >= 11 is 6.20. The summed E-state index contributed by atoms with van der Waals surface area (Å²) in [5.41, 5.74) is 6.96. The van der Waals surface area contributed by atoms with Crippen LogP contribution in [0.2, 0.25) is 5.15 Å². The number of hydrogen-bond donors (Lipinski definition) is 1. The standard InChI is InChI=1S/C32H31ClN4O2/c1-5-6-11-28-35-30(33)29(31(38)39)36(28)19-21-12-14-22(15-13-21)24-18-23(16-17-26(24)34-4)37-20-32(2,3)25-9-7-8-10-27(25)37/h7-10,12-18H,5-6,11,19-20H2,1-3H3,(H,38,39). The molecule has 0 radical (unpaired) electrons. The van der Waals surface area contributed by atoms with E-state index in [9.17, 15) is 9.90 Å². The summed E-state index contributed by atoms with van der Waals surface area (Å²) in [6.45, 7) is 15.6. The van der Waals surface area contributed by atoms with Gasteiger partial charge in [0.1, 0.15) is 5.82 Å². The number of nitrogens with zero attached hydrogens (tertiary/aromatic N) is 4. The van der Waals surface area contributed by atoms with E-state index >= 15 is 0 Å². The molecule has 0 atom stereocenters. The van der Waals surface area contributed by atoms with Gasteiger partial charge in [-0.3, -0.25) is 0 Å². The maximum atomic E-state index is 11.9. The number of anilines is 2. The van der Waals surface area contributed by atoms with Crippen LogP contribution in [0.1, 0.15) is 61.1 Å². The Morgan fingerprint density at radius 1 is 1.13 bits per heavy atom. The van der Waals surface area contributed by atoms with Gasteiger partial charge >= 0.3 is 5.97 Å². The Labute approximate surface area is 234 Å². The van der Waals surface area contributed by atoms with Crippen LogP contribution in [0.3, 0.4) is 0 Å². The largest absolute Gasteiger partial charge is 0.476 e. The Morgan fingerprint density at radius 3 is 2.56 bits per heavy atom. The van der Waals surface area contributed by atoms with Crippen molar-refractivity contribution in [2.75, 3.05) is 11.4 Å². The number of imidazole rings is 1. The van der Waals surface area contributed by atoms with E-state index in [-0.39, 0.29) is 16.3 Å². The molecule has 2 heterocycles. The Hall–Kier alpha value is -4.08. The van der Waals surface area contributed by atoms with E-state index in [1.165, 1.54) is 11.3 Å². The van der Waals surface area contributed by atoms with Crippen molar-refractivity contribution >= 4 is 34.6 Å². The third-order valence-electron chi connectivity index (χ3n) is 7.46. The number of benzene rings is 3. The molecule has 0 aliphatic carbocycles. The van der Waals surface area contributed by atoms with Gasteiger partial charge in [-0.15, -0.1) is 0 Å². The summed E-state index contributed by atoms with van der Waals surface area (Å²) in [4.78, 5) is 22.4. The topological polar surface area (TPSA) is 62.7 Å². The molecule has 7 heteroatoms. The molecule has 0 spiro atoms. The summed E-state index contributed by atoms with van der Waals surface area (Å²) in [6.07, 6.45) is 2.55. The third kappa shape index (κ3) is 5.03. The fourth-order valence-electron chi connectivity index (χ4n) is 5.44. The highest BCUT2D eigenvalue weighted by molar-refractivity contribution is 6.32. The molecule has 6 nitrogen and oxygen atoms in total. The van der Waals surface area contributed by atoms with E-state index in [1.54, 1.807) is 4.57 Å². The molecule has 0 fully saturated rings. The first-order chi connectivity index (χ1) is 18.7. The minimum Gasteiger partial charge on any atom is -0.476 e. The molecule has 39 heavy (non-hydrogen) atoms. The first-order valence-electron chi connectivity index (χ1n) is 13.2. The van der Waals surface area contributed by atoms with E-state index in [1.807, 2.05) is 36.4 Å². The highest BCUT2D eigenvalue weighted by atomic mass is 35.5. The Morgan fingerprint density at radius 2 is 1.87 bits per heavy atom. The fraction of sp³-hybridized carbons (Fsp3) is 0.281. The second-order valence-corrected chi connectivity index (χ2v) is 11.0. The van der Waals surface area contributed by atoms with Crippen molar-refractivity contribution in [3.63, 3.8) is 0 Å². The van der Waals surface area contributed by atoms with Crippen molar-refractivity contribution in [1.29, 1.82) is 0 Å². The van der Waals surface area contributed by atoms with Gasteiger partial charge in [0, 0.05) is 36.3 Å². The van der Waals surface area contributed by atoms with Gasteiger partial charge in [-0.1, -0.05) is 87.3 Å². The number of carboxylic acid groups (broad SMARTS) is 1. The number of para-hydroxylation sites is 1. The smallest absolute Gasteiger partial charge is 0.355 e. The number of rotatable bonds is 8. The number of halogens is 1. The lowest BCUT2D eigenvalue weighted by Crippen LogP contribution is -2.24. The SMILES string of the molecule is [C-]#[N+]c1ccc(N2CC(C)(C)c3ccccc32)cc1-c1ccc(Cn2c(CCCC)nc(Cl)c2C(=O)O)cc1. The van der Waals surface area contributed by atoms with Gasteiger partial charge in [0.15, 0.2) is 16.5 Å². The molecule has 5 rings (SSSR count). The normalized spacial score (nSPS) is 13.8. The van der Waals surface area contributed by atoms with Crippen molar-refractivity contribution in [3.8, 4) is 11.1 Å². The van der Waals surface area contributed by atoms with Gasteiger partial charge in [0.05, 0.1) is 6.57 Å². The van der Waals surface area contributed by atoms with Crippen LogP contribution in [0.25, 0.3) is 16.0 Å². The lowest BCUT2D eigenvalue weighted by molar-refractivity contribution is 0.0685. The molecule has 0 amide bonds. The molecular formula is C32H31ClN4O2. The van der Waals surface area contributed by atoms with E-state index in [0.717, 1.165) is 41.8 Å². The maximum Gasteiger partial charge on any atom is 0.355 e. The third-order valence-corrected chi connectivity index (χ3v) is 7.72. The number of aromatic nitrogens is 2. The van der Waals surface area contributed by atoms with E-state index in [0.29, 0.717) is 24.5 Å². The van der Waals surface area contributed by atoms with Crippen LogP contribution in [0.5, 0.6) is 0 Å². The Balaban J connectivity index is 1.47. The Kier molecular flexibility index (Phi) is 7.20. The summed E-state index contributed by atoms with van der Waals surface area (Å²) in [5, 5.41) is 9.77. The summed E-state index contributed by atoms with van der Waals surface area (Å²) in [5.74, 6) is -0.405. The molecule has 1 aliphatic heterocycles. The lowest BCUT2D eigenvalue weighted by Gasteiger charge is -2.23. The van der Waals surface area contributed by atoms with Crippen LogP contribution in [0.4, 0.5) is 17.1 Å². The van der Waals surface area contributed by atoms with Crippen LogP contribution in [0.15, 0.2) is 66.7 Å². The van der Waals surface area contributed by atoms with Crippen molar-refractivity contribution < 1.29 is 9.90 Å². The highest BCUT2D eigenvalue weighted by Gasteiger charge is 2.35. The fourth-order valence-corrected chi connectivity index (χ4v) is 5.72. The molecule has 198 valence electrons. The van der Waals surface area contributed by atoms with Crippen LogP contribution >= 0.6 is 11.6 Å². The molecule has 3 aromatic carbocycles. The van der Waals surface area contributed by atoms with Crippen LogP contribution in [-0.2, 0) is 18.4 Å². The average molecular weight is 539 g/mol. The summed E-state index contributed by atoms with van der Waals surface area (Å²) < 4.78 is 1.70. The molecule has 0 saturated carbocycles. The van der Waals surface area contributed by atoms with Gasteiger partial charge in [-0.2, -0.15) is 0 Å². The minimum absolute atomic E-state index is 0.0173. The second-order valence-electron chi connectivity index (χ2n) is 10.7. The molecule has 1 aliphatic rings. The summed E-state index contributed by atoms with van der Waals surface area (Å²) in [6, 6.07) is 22.5.